The highest BCUT2D eigenvalue weighted by atomic mass is 79.9. The zero-order valence-corrected chi connectivity index (χ0v) is 10.5. The molecule has 16 heavy (non-hydrogen) atoms. The van der Waals surface area contributed by atoms with Gasteiger partial charge in [0, 0.05) is 15.7 Å². The molecule has 1 unspecified atom stereocenters. The third-order valence-corrected chi connectivity index (χ3v) is 2.90. The lowest BCUT2D eigenvalue weighted by Gasteiger charge is -2.11. The zero-order valence-electron chi connectivity index (χ0n) is 8.96. The third kappa shape index (κ3) is 3.01. The first kappa shape index (κ1) is 12.6. The summed E-state index contributed by atoms with van der Waals surface area (Å²) in [6.45, 7) is 1.92. The minimum absolute atomic E-state index is 0.205. The average Bonchev–Trinajstić information content (AvgIpc) is 2.29. The van der Waals surface area contributed by atoms with Crippen molar-refractivity contribution in [2.45, 2.75) is 19.4 Å². The number of terminal acetylenes is 1. The van der Waals surface area contributed by atoms with E-state index < -0.39 is 0 Å². The Hall–Kier alpha value is -1.47. The average molecular weight is 281 g/mol. The van der Waals surface area contributed by atoms with Crippen LogP contribution in [0.25, 0.3) is 0 Å². The summed E-state index contributed by atoms with van der Waals surface area (Å²) in [6, 6.07) is 4.81. The molecule has 3 nitrogen and oxygen atoms in total. The van der Waals surface area contributed by atoms with E-state index in [1.807, 2.05) is 6.92 Å². The maximum absolute atomic E-state index is 11.8. The minimum Gasteiger partial charge on any atom is -0.398 e. The Balaban J connectivity index is 2.81. The quantitative estimate of drug-likeness (QED) is 0.659. The summed E-state index contributed by atoms with van der Waals surface area (Å²) in [6.07, 6.45) is 5.97. The van der Waals surface area contributed by atoms with Gasteiger partial charge in [-0.3, -0.25) is 4.79 Å². The highest BCUT2D eigenvalue weighted by molar-refractivity contribution is 9.10. The molecule has 0 aromatic heterocycles. The van der Waals surface area contributed by atoms with E-state index in [-0.39, 0.29) is 11.9 Å². The summed E-state index contributed by atoms with van der Waals surface area (Å²) < 4.78 is 0.771. The minimum atomic E-state index is -0.239. The van der Waals surface area contributed by atoms with Crippen molar-refractivity contribution in [2.24, 2.45) is 0 Å². The first-order valence-electron chi connectivity index (χ1n) is 4.90. The molecule has 1 aromatic rings. The molecule has 0 fully saturated rings. The standard InChI is InChI=1S/C12H13BrN2O/c1-3-9(4-2)15-12(16)8-5-6-10(13)11(14)7-8/h1,5-7,9H,4,14H2,2H3,(H,15,16). The fourth-order valence-corrected chi connectivity index (χ4v) is 1.43. The Kier molecular flexibility index (Phi) is 4.39. The predicted octanol–water partition coefficient (Wildman–Crippen LogP) is 2.17. The number of carbonyl (C=O) groups is 1. The normalized spacial score (nSPS) is 11.6. The van der Waals surface area contributed by atoms with Crippen molar-refractivity contribution in [1.82, 2.24) is 5.32 Å². The molecule has 0 saturated heterocycles. The number of rotatable bonds is 3. The van der Waals surface area contributed by atoms with E-state index in [4.69, 9.17) is 12.2 Å². The summed E-state index contributed by atoms with van der Waals surface area (Å²) >= 11 is 3.27. The Labute approximate surface area is 104 Å². The molecule has 84 valence electrons. The van der Waals surface area contributed by atoms with Gasteiger partial charge >= 0.3 is 0 Å². The molecule has 0 saturated carbocycles. The number of nitrogen functional groups attached to an aromatic ring is 1. The van der Waals surface area contributed by atoms with Gasteiger partial charge in [-0.1, -0.05) is 12.8 Å². The van der Waals surface area contributed by atoms with Crippen molar-refractivity contribution < 1.29 is 4.79 Å². The largest absolute Gasteiger partial charge is 0.398 e. The number of benzene rings is 1. The first-order chi connectivity index (χ1) is 7.58. The van der Waals surface area contributed by atoms with Crippen LogP contribution in [0.4, 0.5) is 5.69 Å². The van der Waals surface area contributed by atoms with Crippen LogP contribution in [0.3, 0.4) is 0 Å². The van der Waals surface area contributed by atoms with Crippen molar-refractivity contribution in [1.29, 1.82) is 0 Å². The van der Waals surface area contributed by atoms with Gasteiger partial charge in [0.05, 0.1) is 6.04 Å². The molecule has 0 aliphatic heterocycles. The molecule has 1 amide bonds. The number of halogens is 1. The molecule has 4 heteroatoms. The molecule has 0 aliphatic carbocycles. The van der Waals surface area contributed by atoms with E-state index in [1.54, 1.807) is 18.2 Å². The Morgan fingerprint density at radius 2 is 2.38 bits per heavy atom. The number of amides is 1. The first-order valence-corrected chi connectivity index (χ1v) is 5.69. The highest BCUT2D eigenvalue weighted by Crippen LogP contribution is 2.20. The van der Waals surface area contributed by atoms with Crippen molar-refractivity contribution in [3.05, 3.63) is 28.2 Å². The summed E-state index contributed by atoms with van der Waals surface area (Å²) in [5, 5.41) is 2.73. The van der Waals surface area contributed by atoms with Crippen LogP contribution in [0.5, 0.6) is 0 Å². The number of carbonyl (C=O) groups excluding carboxylic acids is 1. The van der Waals surface area contributed by atoms with Crippen molar-refractivity contribution >= 4 is 27.5 Å². The molecular formula is C12H13BrN2O. The highest BCUT2D eigenvalue weighted by Gasteiger charge is 2.10. The summed E-state index contributed by atoms with van der Waals surface area (Å²) in [7, 11) is 0. The van der Waals surface area contributed by atoms with Crippen LogP contribution in [-0.4, -0.2) is 11.9 Å². The number of nitrogens with one attached hydrogen (secondary N) is 1. The summed E-state index contributed by atoms with van der Waals surface area (Å²) in [4.78, 5) is 11.8. The molecule has 1 atom stereocenters. The van der Waals surface area contributed by atoms with Gasteiger partial charge < -0.3 is 11.1 Å². The van der Waals surface area contributed by atoms with Gasteiger partial charge in [0.15, 0.2) is 0 Å². The molecule has 0 aliphatic rings. The van der Waals surface area contributed by atoms with Gasteiger partial charge in [0.2, 0.25) is 0 Å². The molecule has 1 rings (SSSR count). The molecule has 3 N–H and O–H groups in total. The monoisotopic (exact) mass is 280 g/mol. The number of hydrogen-bond acceptors (Lipinski definition) is 2. The van der Waals surface area contributed by atoms with Crippen LogP contribution in [0.2, 0.25) is 0 Å². The van der Waals surface area contributed by atoms with E-state index in [9.17, 15) is 4.79 Å². The maximum atomic E-state index is 11.8. The van der Waals surface area contributed by atoms with Gasteiger partial charge in [-0.05, 0) is 40.5 Å². The predicted molar refractivity (Wildman–Crippen MR) is 68.9 cm³/mol. The van der Waals surface area contributed by atoms with Gasteiger partial charge in [-0.25, -0.2) is 0 Å². The number of anilines is 1. The van der Waals surface area contributed by atoms with Crippen LogP contribution >= 0.6 is 15.9 Å². The van der Waals surface area contributed by atoms with Crippen LogP contribution in [0.1, 0.15) is 23.7 Å². The fourth-order valence-electron chi connectivity index (χ4n) is 1.19. The van der Waals surface area contributed by atoms with Crippen LogP contribution in [0, 0.1) is 12.3 Å². The molecular weight excluding hydrogens is 268 g/mol. The van der Waals surface area contributed by atoms with Gasteiger partial charge in [0.1, 0.15) is 0 Å². The number of nitrogens with two attached hydrogens (primary N) is 1. The Morgan fingerprint density at radius 1 is 1.69 bits per heavy atom. The Bertz CT molecular complexity index is 437. The van der Waals surface area contributed by atoms with Crippen molar-refractivity contribution in [2.75, 3.05) is 5.73 Å². The van der Waals surface area contributed by atoms with Gasteiger partial charge in [0.25, 0.3) is 5.91 Å². The van der Waals surface area contributed by atoms with E-state index in [1.165, 1.54) is 0 Å². The Morgan fingerprint density at radius 3 is 2.88 bits per heavy atom. The summed E-state index contributed by atoms with van der Waals surface area (Å²) in [5.41, 5.74) is 6.72. The van der Waals surface area contributed by atoms with Crippen molar-refractivity contribution in [3.8, 4) is 12.3 Å². The number of hydrogen-bond donors (Lipinski definition) is 2. The zero-order chi connectivity index (χ0) is 12.1. The molecule has 0 spiro atoms. The lowest BCUT2D eigenvalue weighted by molar-refractivity contribution is 0.0945. The molecule has 0 bridgehead atoms. The smallest absolute Gasteiger partial charge is 0.252 e. The topological polar surface area (TPSA) is 55.1 Å². The molecule has 0 heterocycles. The maximum Gasteiger partial charge on any atom is 0.252 e. The van der Waals surface area contributed by atoms with Gasteiger partial charge in [-0.2, -0.15) is 0 Å². The van der Waals surface area contributed by atoms with E-state index >= 15 is 0 Å². The third-order valence-electron chi connectivity index (χ3n) is 2.17. The fraction of sp³-hybridized carbons (Fsp3) is 0.250. The SMILES string of the molecule is C#CC(CC)NC(=O)c1ccc(Br)c(N)c1. The lowest BCUT2D eigenvalue weighted by Crippen LogP contribution is -2.33. The second-order valence-electron chi connectivity index (χ2n) is 3.34. The van der Waals surface area contributed by atoms with E-state index in [0.29, 0.717) is 17.7 Å². The van der Waals surface area contributed by atoms with Crippen LogP contribution in [0.15, 0.2) is 22.7 Å². The second kappa shape index (κ2) is 5.57. The second-order valence-corrected chi connectivity index (χ2v) is 4.19. The van der Waals surface area contributed by atoms with Crippen molar-refractivity contribution in [3.63, 3.8) is 0 Å². The molecule has 1 aromatic carbocycles. The van der Waals surface area contributed by atoms with E-state index in [2.05, 4.69) is 27.2 Å². The summed E-state index contributed by atoms with van der Waals surface area (Å²) in [5.74, 6) is 2.30. The van der Waals surface area contributed by atoms with E-state index in [0.717, 1.165) is 4.47 Å². The molecule has 0 radical (unpaired) electrons. The lowest BCUT2D eigenvalue weighted by atomic mass is 10.1. The van der Waals surface area contributed by atoms with Crippen LogP contribution < -0.4 is 11.1 Å². The van der Waals surface area contributed by atoms with Gasteiger partial charge in [-0.15, -0.1) is 6.42 Å². The van der Waals surface area contributed by atoms with Crippen LogP contribution in [-0.2, 0) is 0 Å².